The minimum atomic E-state index is -3.90. The Balaban J connectivity index is 3.16. The first-order chi connectivity index (χ1) is 8.81. The second-order valence-electron chi connectivity index (χ2n) is 3.62. The summed E-state index contributed by atoms with van der Waals surface area (Å²) in [6.45, 7) is 1.73. The largest absolute Gasteiger partial charge is 0.271 e. The normalized spacial score (nSPS) is 12.7. The van der Waals surface area contributed by atoms with E-state index in [2.05, 4.69) is 10.6 Å². The number of nitro groups is 1. The molecule has 6 nitrogen and oxygen atoms in total. The molecule has 0 saturated carbocycles. The summed E-state index contributed by atoms with van der Waals surface area (Å²) in [6, 6.07) is 2.47. The number of halogens is 1. The Kier molecular flexibility index (Phi) is 4.89. The number of non-ortho nitro benzene ring substituents is 1. The van der Waals surface area contributed by atoms with E-state index < -0.39 is 21.0 Å². The van der Waals surface area contributed by atoms with Gasteiger partial charge in [0.2, 0.25) is 10.0 Å². The van der Waals surface area contributed by atoms with E-state index in [1.165, 1.54) is 0 Å². The van der Waals surface area contributed by atoms with Crippen molar-refractivity contribution < 1.29 is 13.3 Å². The standard InChI is InChI=1S/C11H11ClN2O4S/c1-3-8(4-2)13-19(17,18)11-6-5-9(14(15)16)7-10(11)12/h1,5-8,13H,4H2,2H3. The number of hydrogen-bond donors (Lipinski definition) is 1. The Morgan fingerprint density at radius 3 is 2.63 bits per heavy atom. The molecule has 0 spiro atoms. The van der Waals surface area contributed by atoms with Crippen LogP contribution in [0, 0.1) is 22.5 Å². The highest BCUT2D eigenvalue weighted by Gasteiger charge is 2.22. The van der Waals surface area contributed by atoms with Crippen LogP contribution in [0.4, 0.5) is 5.69 Å². The molecular formula is C11H11ClN2O4S. The number of benzene rings is 1. The zero-order valence-corrected chi connectivity index (χ0v) is 11.5. The lowest BCUT2D eigenvalue weighted by atomic mass is 10.3. The topological polar surface area (TPSA) is 89.3 Å². The predicted molar refractivity (Wildman–Crippen MR) is 71.3 cm³/mol. The summed E-state index contributed by atoms with van der Waals surface area (Å²) in [4.78, 5) is 9.64. The van der Waals surface area contributed by atoms with E-state index in [9.17, 15) is 18.5 Å². The third kappa shape index (κ3) is 3.67. The molecule has 0 aliphatic carbocycles. The van der Waals surface area contributed by atoms with Gasteiger partial charge in [-0.15, -0.1) is 6.42 Å². The Morgan fingerprint density at radius 1 is 1.58 bits per heavy atom. The van der Waals surface area contributed by atoms with Crippen LogP contribution in [0.2, 0.25) is 5.02 Å². The average Bonchev–Trinajstić information content (AvgIpc) is 2.35. The first-order valence-corrected chi connectivity index (χ1v) is 7.10. The summed E-state index contributed by atoms with van der Waals surface area (Å²) in [6.07, 6.45) is 5.59. The van der Waals surface area contributed by atoms with Crippen LogP contribution in [0.3, 0.4) is 0 Å². The molecule has 1 unspecified atom stereocenters. The lowest BCUT2D eigenvalue weighted by molar-refractivity contribution is -0.384. The summed E-state index contributed by atoms with van der Waals surface area (Å²) in [5.74, 6) is 2.29. The molecule has 0 aliphatic heterocycles. The van der Waals surface area contributed by atoms with Gasteiger partial charge < -0.3 is 0 Å². The van der Waals surface area contributed by atoms with E-state index in [0.29, 0.717) is 6.42 Å². The molecular weight excluding hydrogens is 292 g/mol. The van der Waals surface area contributed by atoms with Crippen molar-refractivity contribution in [2.45, 2.75) is 24.3 Å². The van der Waals surface area contributed by atoms with Gasteiger partial charge in [-0.3, -0.25) is 10.1 Å². The van der Waals surface area contributed by atoms with Crippen molar-refractivity contribution in [3.63, 3.8) is 0 Å². The van der Waals surface area contributed by atoms with E-state index in [1.807, 2.05) is 0 Å². The first kappa shape index (κ1) is 15.4. The van der Waals surface area contributed by atoms with Gasteiger partial charge in [0.25, 0.3) is 5.69 Å². The second-order valence-corrected chi connectivity index (χ2v) is 5.71. The fraction of sp³-hybridized carbons (Fsp3) is 0.273. The van der Waals surface area contributed by atoms with Gasteiger partial charge in [0, 0.05) is 12.1 Å². The number of rotatable bonds is 5. The highest BCUT2D eigenvalue weighted by atomic mass is 35.5. The quantitative estimate of drug-likeness (QED) is 0.511. The van der Waals surface area contributed by atoms with Gasteiger partial charge in [0.05, 0.1) is 16.0 Å². The zero-order chi connectivity index (χ0) is 14.6. The predicted octanol–water partition coefficient (Wildman–Crippen LogP) is 1.94. The Bertz CT molecular complexity index is 637. The third-order valence-corrected chi connectivity index (χ3v) is 4.28. The van der Waals surface area contributed by atoms with Crippen molar-refractivity contribution in [1.29, 1.82) is 0 Å². The summed E-state index contributed by atoms with van der Waals surface area (Å²) in [5.41, 5.74) is -0.284. The maximum atomic E-state index is 12.0. The fourth-order valence-electron chi connectivity index (χ4n) is 1.31. The summed E-state index contributed by atoms with van der Waals surface area (Å²) >= 11 is 5.75. The molecule has 1 aromatic rings. The molecule has 1 atom stereocenters. The Hall–Kier alpha value is -1.62. The van der Waals surface area contributed by atoms with E-state index >= 15 is 0 Å². The Morgan fingerprint density at radius 2 is 2.21 bits per heavy atom. The number of nitro benzene ring substituents is 1. The molecule has 102 valence electrons. The zero-order valence-electron chi connectivity index (χ0n) is 9.96. The molecule has 19 heavy (non-hydrogen) atoms. The molecule has 0 radical (unpaired) electrons. The maximum absolute atomic E-state index is 12.0. The van der Waals surface area contributed by atoms with Crippen LogP contribution in [0.1, 0.15) is 13.3 Å². The second kappa shape index (κ2) is 6.02. The van der Waals surface area contributed by atoms with Gasteiger partial charge in [-0.2, -0.15) is 4.72 Å². The van der Waals surface area contributed by atoms with E-state index in [0.717, 1.165) is 18.2 Å². The SMILES string of the molecule is C#CC(CC)NS(=O)(=O)c1ccc([N+](=O)[O-])cc1Cl. The van der Waals surface area contributed by atoms with Crippen molar-refractivity contribution in [1.82, 2.24) is 4.72 Å². The molecule has 0 fully saturated rings. The van der Waals surface area contributed by atoms with Gasteiger partial charge >= 0.3 is 0 Å². The summed E-state index contributed by atoms with van der Waals surface area (Å²) in [7, 11) is -3.90. The lowest BCUT2D eigenvalue weighted by Crippen LogP contribution is -2.33. The minimum Gasteiger partial charge on any atom is -0.258 e. The van der Waals surface area contributed by atoms with Crippen LogP contribution >= 0.6 is 11.6 Å². The smallest absolute Gasteiger partial charge is 0.258 e. The van der Waals surface area contributed by atoms with Crippen LogP contribution < -0.4 is 4.72 Å². The van der Waals surface area contributed by atoms with Crippen molar-refractivity contribution in [3.8, 4) is 12.3 Å². The molecule has 8 heteroatoms. The highest BCUT2D eigenvalue weighted by Crippen LogP contribution is 2.26. The van der Waals surface area contributed by atoms with E-state index in [-0.39, 0.29) is 15.6 Å². The number of nitrogens with one attached hydrogen (secondary N) is 1. The van der Waals surface area contributed by atoms with Crippen molar-refractivity contribution >= 4 is 27.3 Å². The van der Waals surface area contributed by atoms with Crippen molar-refractivity contribution in [3.05, 3.63) is 33.3 Å². The third-order valence-electron chi connectivity index (χ3n) is 2.32. The van der Waals surface area contributed by atoms with Crippen molar-refractivity contribution in [2.24, 2.45) is 0 Å². The number of sulfonamides is 1. The van der Waals surface area contributed by atoms with Crippen LogP contribution in [-0.4, -0.2) is 19.4 Å². The number of nitrogens with zero attached hydrogens (tertiary/aromatic N) is 1. The molecule has 1 N–H and O–H groups in total. The number of hydrogen-bond acceptors (Lipinski definition) is 4. The average molecular weight is 303 g/mol. The molecule has 0 saturated heterocycles. The van der Waals surface area contributed by atoms with Crippen molar-refractivity contribution in [2.75, 3.05) is 0 Å². The van der Waals surface area contributed by atoms with Gasteiger partial charge in [0.1, 0.15) is 4.90 Å². The molecule has 1 aromatic carbocycles. The van der Waals surface area contributed by atoms with Crippen LogP contribution in [0.25, 0.3) is 0 Å². The van der Waals surface area contributed by atoms with Gasteiger partial charge in [-0.25, -0.2) is 8.42 Å². The van der Waals surface area contributed by atoms with E-state index in [1.54, 1.807) is 6.92 Å². The monoisotopic (exact) mass is 302 g/mol. The van der Waals surface area contributed by atoms with Gasteiger partial charge in [-0.05, 0) is 12.5 Å². The minimum absolute atomic E-state index is 0.228. The van der Waals surface area contributed by atoms with E-state index in [4.69, 9.17) is 18.0 Å². The lowest BCUT2D eigenvalue weighted by Gasteiger charge is -2.12. The van der Waals surface area contributed by atoms with Crippen LogP contribution in [0.5, 0.6) is 0 Å². The van der Waals surface area contributed by atoms with Gasteiger partial charge in [-0.1, -0.05) is 24.4 Å². The maximum Gasteiger partial charge on any atom is 0.271 e. The fourth-order valence-corrected chi connectivity index (χ4v) is 3.09. The van der Waals surface area contributed by atoms with Gasteiger partial charge in [0.15, 0.2) is 0 Å². The summed E-state index contributed by atoms with van der Waals surface area (Å²) in [5, 5.41) is 10.3. The van der Waals surface area contributed by atoms with Crippen LogP contribution in [0.15, 0.2) is 23.1 Å². The van der Waals surface area contributed by atoms with Crippen LogP contribution in [-0.2, 0) is 10.0 Å². The number of terminal acetylenes is 1. The molecule has 1 rings (SSSR count). The highest BCUT2D eigenvalue weighted by molar-refractivity contribution is 7.89. The molecule has 0 aromatic heterocycles. The molecule has 0 bridgehead atoms. The first-order valence-electron chi connectivity index (χ1n) is 5.24. The molecule has 0 heterocycles. The molecule has 0 amide bonds. The summed E-state index contributed by atoms with van der Waals surface area (Å²) < 4.78 is 26.3. The molecule has 0 aliphatic rings. The Labute approximate surface area is 116 Å².